The second-order valence-electron chi connectivity index (χ2n) is 4.37. The van der Waals surface area contributed by atoms with Gasteiger partial charge in [-0.15, -0.1) is 0 Å². The Morgan fingerprint density at radius 1 is 1.60 bits per heavy atom. The van der Waals surface area contributed by atoms with E-state index >= 15 is 0 Å². The van der Waals surface area contributed by atoms with E-state index in [-0.39, 0.29) is 11.5 Å². The number of carbonyl (C=O) groups is 1. The van der Waals surface area contributed by atoms with Gasteiger partial charge < -0.3 is 25.4 Å². The van der Waals surface area contributed by atoms with Crippen molar-refractivity contribution in [1.82, 2.24) is 9.55 Å². The summed E-state index contributed by atoms with van der Waals surface area (Å²) in [5.74, 6) is -0.357. The van der Waals surface area contributed by atoms with Crippen LogP contribution in [0.25, 0.3) is 0 Å². The second-order valence-corrected chi connectivity index (χ2v) is 4.37. The van der Waals surface area contributed by atoms with E-state index < -0.39 is 37.1 Å². The van der Waals surface area contributed by atoms with Crippen LogP contribution >= 0.6 is 0 Å². The average molecular weight is 282 g/mol. The van der Waals surface area contributed by atoms with E-state index in [2.05, 4.69) is 10.3 Å². The number of nitrogens with one attached hydrogen (secondary N) is 1. The van der Waals surface area contributed by atoms with Crippen molar-refractivity contribution in [3.8, 4) is 6.07 Å². The minimum atomic E-state index is -1.32. The fourth-order valence-corrected chi connectivity index (χ4v) is 2.04. The molecule has 1 aliphatic rings. The Hall–Kier alpha value is -1.99. The molecule has 9 nitrogen and oxygen atoms in total. The summed E-state index contributed by atoms with van der Waals surface area (Å²) in [6, 6.07) is 1.80. The highest BCUT2D eigenvalue weighted by Gasteiger charge is 2.44. The first-order valence-corrected chi connectivity index (χ1v) is 5.86. The van der Waals surface area contributed by atoms with Crippen molar-refractivity contribution in [3.05, 3.63) is 12.0 Å². The number of imidazole rings is 1. The first kappa shape index (κ1) is 14.4. The van der Waals surface area contributed by atoms with Crippen LogP contribution in [-0.4, -0.2) is 55.7 Å². The highest BCUT2D eigenvalue weighted by atomic mass is 16.6. The van der Waals surface area contributed by atoms with Gasteiger partial charge in [-0.05, 0) is 0 Å². The molecule has 0 aliphatic carbocycles. The third-order valence-electron chi connectivity index (χ3n) is 2.99. The number of ether oxygens (including phenoxy) is 1. The normalized spacial score (nSPS) is 29.1. The number of hydrogen-bond donors (Lipinski definition) is 4. The Balaban J connectivity index is 2.36. The molecular weight excluding hydrogens is 268 g/mol. The van der Waals surface area contributed by atoms with Crippen molar-refractivity contribution < 1.29 is 24.9 Å². The van der Waals surface area contributed by atoms with Crippen LogP contribution in [0.2, 0.25) is 0 Å². The third-order valence-corrected chi connectivity index (χ3v) is 2.99. The summed E-state index contributed by atoms with van der Waals surface area (Å²) in [7, 11) is 0. The topological polar surface area (TPSA) is 141 Å². The molecule has 2 heterocycles. The van der Waals surface area contributed by atoms with Crippen molar-refractivity contribution in [3.63, 3.8) is 0 Å². The van der Waals surface area contributed by atoms with Crippen LogP contribution in [0.5, 0.6) is 0 Å². The van der Waals surface area contributed by atoms with E-state index in [4.69, 9.17) is 15.1 Å². The molecule has 2 rings (SSSR count). The Labute approximate surface area is 114 Å². The van der Waals surface area contributed by atoms with Gasteiger partial charge in [-0.3, -0.25) is 9.36 Å². The van der Waals surface area contributed by atoms with Crippen molar-refractivity contribution in [2.45, 2.75) is 31.5 Å². The predicted molar refractivity (Wildman–Crippen MR) is 64.3 cm³/mol. The van der Waals surface area contributed by atoms with Crippen LogP contribution < -0.4 is 5.32 Å². The molecule has 9 heteroatoms. The van der Waals surface area contributed by atoms with Crippen molar-refractivity contribution in [2.75, 3.05) is 11.9 Å². The van der Waals surface area contributed by atoms with Gasteiger partial charge in [0.2, 0.25) is 5.91 Å². The Kier molecular flexibility index (Phi) is 4.01. The van der Waals surface area contributed by atoms with Gasteiger partial charge in [0.15, 0.2) is 17.7 Å². The van der Waals surface area contributed by atoms with Crippen molar-refractivity contribution in [2.24, 2.45) is 0 Å². The van der Waals surface area contributed by atoms with Crippen molar-refractivity contribution >= 4 is 11.7 Å². The molecular formula is C11H14N4O5. The molecule has 0 radical (unpaired) electrons. The summed E-state index contributed by atoms with van der Waals surface area (Å²) >= 11 is 0. The molecule has 108 valence electrons. The van der Waals surface area contributed by atoms with Gasteiger partial charge in [0.05, 0.1) is 6.61 Å². The second kappa shape index (κ2) is 5.56. The number of aliphatic hydroxyl groups excluding tert-OH is 3. The van der Waals surface area contributed by atoms with Gasteiger partial charge in [0.1, 0.15) is 30.7 Å². The maximum absolute atomic E-state index is 11.2. The number of nitriles is 1. The minimum absolute atomic E-state index is 0.0436. The molecule has 4 atom stereocenters. The number of nitrogens with zero attached hydrogens (tertiary/aromatic N) is 3. The van der Waals surface area contributed by atoms with E-state index in [9.17, 15) is 15.0 Å². The number of aromatic nitrogens is 2. The lowest BCUT2D eigenvalue weighted by Gasteiger charge is -2.18. The molecule has 1 aromatic rings. The van der Waals surface area contributed by atoms with Crippen LogP contribution in [0.15, 0.2) is 6.33 Å². The fourth-order valence-electron chi connectivity index (χ4n) is 2.04. The monoisotopic (exact) mass is 282 g/mol. The van der Waals surface area contributed by atoms with Gasteiger partial charge in [0, 0.05) is 6.92 Å². The zero-order valence-corrected chi connectivity index (χ0v) is 10.6. The van der Waals surface area contributed by atoms with E-state index in [1.54, 1.807) is 6.07 Å². The molecule has 0 spiro atoms. The minimum Gasteiger partial charge on any atom is -0.394 e. The third kappa shape index (κ3) is 2.37. The van der Waals surface area contributed by atoms with Gasteiger partial charge in [-0.1, -0.05) is 0 Å². The zero-order valence-electron chi connectivity index (χ0n) is 10.6. The Morgan fingerprint density at radius 3 is 2.80 bits per heavy atom. The van der Waals surface area contributed by atoms with E-state index in [0.29, 0.717) is 0 Å². The van der Waals surface area contributed by atoms with Gasteiger partial charge in [-0.2, -0.15) is 5.26 Å². The molecule has 0 bridgehead atoms. The van der Waals surface area contributed by atoms with Gasteiger partial charge in [-0.25, -0.2) is 4.98 Å². The van der Waals surface area contributed by atoms with Crippen LogP contribution in [0.1, 0.15) is 18.8 Å². The van der Waals surface area contributed by atoms with Crippen LogP contribution in [0.3, 0.4) is 0 Å². The van der Waals surface area contributed by atoms with E-state index in [1.807, 2.05) is 0 Å². The van der Waals surface area contributed by atoms with Crippen LogP contribution in [0, 0.1) is 11.3 Å². The highest BCUT2D eigenvalue weighted by molar-refractivity contribution is 5.88. The lowest BCUT2D eigenvalue weighted by atomic mass is 10.1. The lowest BCUT2D eigenvalue weighted by molar-refractivity contribution is -0.114. The van der Waals surface area contributed by atoms with Gasteiger partial charge in [0.25, 0.3) is 0 Å². The predicted octanol–water partition coefficient (Wildman–Crippen LogP) is -1.68. The molecule has 0 unspecified atom stereocenters. The number of aliphatic hydroxyl groups is 3. The Bertz CT molecular complexity index is 551. The van der Waals surface area contributed by atoms with Crippen LogP contribution in [0.4, 0.5) is 5.82 Å². The first-order valence-electron chi connectivity index (χ1n) is 5.86. The standard InChI is InChI=1S/C11H14N4O5/c1-5(17)14-10-6(2-12)13-4-15(10)11-9(19)8(18)7(3-16)20-11/h4,7-9,11,16,18-19H,3H2,1H3,(H,14,17)/t7-,8+,9-,11-/m0/s1. The number of hydrogen-bond acceptors (Lipinski definition) is 7. The lowest BCUT2D eigenvalue weighted by Crippen LogP contribution is -2.33. The quantitative estimate of drug-likeness (QED) is 0.519. The molecule has 0 saturated carbocycles. The Morgan fingerprint density at radius 2 is 2.30 bits per heavy atom. The highest BCUT2D eigenvalue weighted by Crippen LogP contribution is 2.32. The first-order chi connectivity index (χ1) is 9.49. The van der Waals surface area contributed by atoms with Crippen LogP contribution in [-0.2, 0) is 9.53 Å². The summed E-state index contributed by atoms with van der Waals surface area (Å²) in [6.07, 6.45) is -3.39. The van der Waals surface area contributed by atoms with Gasteiger partial charge >= 0.3 is 0 Å². The van der Waals surface area contributed by atoms with E-state index in [1.165, 1.54) is 17.8 Å². The zero-order chi connectivity index (χ0) is 14.9. The molecule has 1 saturated heterocycles. The maximum atomic E-state index is 11.2. The summed E-state index contributed by atoms with van der Waals surface area (Å²) in [6.45, 7) is 0.791. The molecule has 0 aromatic carbocycles. The smallest absolute Gasteiger partial charge is 0.222 e. The molecule has 1 aromatic heterocycles. The molecule has 1 amide bonds. The molecule has 20 heavy (non-hydrogen) atoms. The molecule has 1 fully saturated rings. The SMILES string of the molecule is CC(=O)Nc1c(C#N)ncn1[C@H]1O[C@@H](CO)[C@@H](O)[C@@H]1O. The summed E-state index contributed by atoms with van der Waals surface area (Å²) in [5, 5.41) is 40.0. The molecule has 1 aliphatic heterocycles. The summed E-state index contributed by atoms with van der Waals surface area (Å²) < 4.78 is 6.55. The van der Waals surface area contributed by atoms with Crippen molar-refractivity contribution in [1.29, 1.82) is 5.26 Å². The number of rotatable bonds is 3. The summed E-state index contributed by atoms with van der Waals surface area (Å²) in [4.78, 5) is 15.0. The number of anilines is 1. The van der Waals surface area contributed by atoms with E-state index in [0.717, 1.165) is 0 Å². The summed E-state index contributed by atoms with van der Waals surface area (Å²) in [5.41, 5.74) is -0.0436. The number of amides is 1. The largest absolute Gasteiger partial charge is 0.394 e. The molecule has 4 N–H and O–H groups in total. The maximum Gasteiger partial charge on any atom is 0.222 e. The number of carbonyl (C=O) groups excluding carboxylic acids is 1. The average Bonchev–Trinajstić information content (AvgIpc) is 2.92. The fraction of sp³-hybridized carbons (Fsp3) is 0.545.